The number of esters is 2. The van der Waals surface area contributed by atoms with E-state index in [9.17, 15) is 14.7 Å². The number of aromatic nitrogens is 3. The molecule has 2 heterocycles. The van der Waals surface area contributed by atoms with Crippen LogP contribution >= 0.6 is 0 Å². The van der Waals surface area contributed by atoms with Crippen molar-refractivity contribution in [2.24, 2.45) is 10.1 Å². The maximum Gasteiger partial charge on any atom is 0.343 e. The topological polar surface area (TPSA) is 140 Å². The molecule has 0 saturated carbocycles. The second-order valence-corrected chi connectivity index (χ2v) is 6.43. The number of fused-ring (bicyclic) bond motifs is 1. The quantitative estimate of drug-likeness (QED) is 0.166. The first kappa shape index (κ1) is 23.1. The van der Waals surface area contributed by atoms with E-state index in [1.165, 1.54) is 13.3 Å². The number of aliphatic imine (C=N–C) groups is 1. The first-order valence-corrected chi connectivity index (χ1v) is 9.89. The highest BCUT2D eigenvalue weighted by Crippen LogP contribution is 2.16. The Balaban J connectivity index is 1.83. The maximum atomic E-state index is 12.4. The highest BCUT2D eigenvalue weighted by atomic mass is 16.5. The molecular formula is C22H22N6O5. The number of methoxy groups -OCH3 is 1. The smallest absolute Gasteiger partial charge is 0.343 e. The van der Waals surface area contributed by atoms with Gasteiger partial charge in [-0.2, -0.15) is 5.10 Å². The van der Waals surface area contributed by atoms with Gasteiger partial charge in [0.05, 0.1) is 19.9 Å². The minimum Gasteiger partial charge on any atom is -0.506 e. The fraction of sp³-hybridized carbons (Fsp3) is 0.182. The van der Waals surface area contributed by atoms with Crippen molar-refractivity contribution in [1.82, 2.24) is 14.6 Å². The van der Waals surface area contributed by atoms with Gasteiger partial charge >= 0.3 is 11.9 Å². The predicted octanol–water partition coefficient (Wildman–Crippen LogP) is 2.27. The number of hydrogen-bond donors (Lipinski definition) is 2. The number of anilines is 1. The van der Waals surface area contributed by atoms with E-state index < -0.39 is 18.0 Å². The molecule has 0 bridgehead atoms. The third-order valence-corrected chi connectivity index (χ3v) is 4.25. The second-order valence-electron chi connectivity index (χ2n) is 6.43. The van der Waals surface area contributed by atoms with E-state index in [-0.39, 0.29) is 17.9 Å². The molecule has 0 saturated heterocycles. The van der Waals surface area contributed by atoms with Gasteiger partial charge < -0.3 is 14.6 Å². The second kappa shape index (κ2) is 11.2. The van der Waals surface area contributed by atoms with Gasteiger partial charge in [-0.15, -0.1) is 5.10 Å². The van der Waals surface area contributed by atoms with Crippen molar-refractivity contribution >= 4 is 41.6 Å². The van der Waals surface area contributed by atoms with E-state index in [4.69, 9.17) is 9.47 Å². The molecule has 0 spiro atoms. The normalized spacial score (nSPS) is 13.2. The number of ether oxygens (including phenoxy) is 2. The Morgan fingerprint density at radius 1 is 1.24 bits per heavy atom. The molecule has 11 nitrogen and oxygen atoms in total. The van der Waals surface area contributed by atoms with Gasteiger partial charge in [0.25, 0.3) is 0 Å². The van der Waals surface area contributed by atoms with Gasteiger partial charge in [0.15, 0.2) is 17.5 Å². The van der Waals surface area contributed by atoms with Gasteiger partial charge in [0, 0.05) is 24.2 Å². The molecule has 3 rings (SSSR count). The van der Waals surface area contributed by atoms with Gasteiger partial charge in [-0.25, -0.2) is 19.1 Å². The lowest BCUT2D eigenvalue weighted by molar-refractivity contribution is -0.140. The molecule has 2 aromatic heterocycles. The number of hydrazone groups is 1. The molecular weight excluding hydrogens is 428 g/mol. The van der Waals surface area contributed by atoms with Gasteiger partial charge in [0.2, 0.25) is 0 Å². The first-order chi connectivity index (χ1) is 16.0. The average Bonchev–Trinajstić information content (AvgIpc) is 3.31. The number of imidazole rings is 1. The molecule has 3 aromatic rings. The molecule has 1 unspecified atom stereocenters. The fourth-order valence-electron chi connectivity index (χ4n) is 2.66. The number of nitrogens with zero attached hydrogens (tertiary/aromatic N) is 5. The lowest BCUT2D eigenvalue weighted by atomic mass is 10.1. The third-order valence-electron chi connectivity index (χ3n) is 4.25. The number of benzene rings is 1. The molecule has 0 radical (unpaired) electrons. The van der Waals surface area contributed by atoms with E-state index in [1.54, 1.807) is 66.3 Å². The molecule has 1 atom stereocenters. The fourth-order valence-corrected chi connectivity index (χ4v) is 2.66. The van der Waals surface area contributed by atoms with Crippen LogP contribution in [0.3, 0.4) is 0 Å². The zero-order valence-electron chi connectivity index (χ0n) is 18.0. The summed E-state index contributed by atoms with van der Waals surface area (Å²) in [6.45, 7) is 1.73. The molecule has 1 aromatic carbocycles. The van der Waals surface area contributed by atoms with Crippen LogP contribution in [-0.2, 0) is 19.1 Å². The summed E-state index contributed by atoms with van der Waals surface area (Å²) < 4.78 is 11.3. The number of hydrogen-bond acceptors (Lipinski definition) is 10. The summed E-state index contributed by atoms with van der Waals surface area (Å²) in [6, 6.07) is 10.6. The standard InChI is InChI=1S/C22H22N6O5/c1-3-33-21(30)16(20(29)15-7-5-4-6-8-15)13-24-17(22(31)32-2)14-25-26-18-9-10-19-23-11-12-28(19)27-18/h4-14,17,29H,3H2,1-2H3,(H,26,27)/b20-16+,24-13?,25-14-. The zero-order chi connectivity index (χ0) is 23.6. The summed E-state index contributed by atoms with van der Waals surface area (Å²) in [4.78, 5) is 32.7. The van der Waals surface area contributed by atoms with Crippen LogP contribution in [0, 0.1) is 0 Å². The largest absolute Gasteiger partial charge is 0.506 e. The van der Waals surface area contributed by atoms with Gasteiger partial charge in [-0.1, -0.05) is 30.3 Å². The molecule has 0 aliphatic rings. The third kappa shape index (κ3) is 6.00. The minimum atomic E-state index is -1.20. The SMILES string of the molecule is CCOC(=O)/C(C=NC(/C=N\Nc1ccc2nccn2n1)C(=O)OC)=C(/O)c1ccccc1. The maximum absolute atomic E-state index is 12.4. The van der Waals surface area contributed by atoms with E-state index in [0.29, 0.717) is 17.0 Å². The molecule has 0 fully saturated rings. The van der Waals surface area contributed by atoms with Crippen LogP contribution in [-0.4, -0.2) is 63.8 Å². The van der Waals surface area contributed by atoms with Crippen LogP contribution in [0.25, 0.3) is 11.4 Å². The Kier molecular flexibility index (Phi) is 7.84. The molecule has 33 heavy (non-hydrogen) atoms. The van der Waals surface area contributed by atoms with Crippen LogP contribution in [0.4, 0.5) is 5.82 Å². The van der Waals surface area contributed by atoms with Crippen LogP contribution in [0.2, 0.25) is 0 Å². The Morgan fingerprint density at radius 2 is 2.03 bits per heavy atom. The monoisotopic (exact) mass is 450 g/mol. The van der Waals surface area contributed by atoms with Crippen molar-refractivity contribution in [2.45, 2.75) is 13.0 Å². The lowest BCUT2D eigenvalue weighted by Crippen LogP contribution is -2.23. The molecule has 11 heteroatoms. The average molecular weight is 450 g/mol. The van der Waals surface area contributed by atoms with E-state index >= 15 is 0 Å². The summed E-state index contributed by atoms with van der Waals surface area (Å²) >= 11 is 0. The van der Waals surface area contributed by atoms with Gasteiger partial charge in [0.1, 0.15) is 11.3 Å². The predicted molar refractivity (Wildman–Crippen MR) is 122 cm³/mol. The van der Waals surface area contributed by atoms with E-state index in [2.05, 4.69) is 25.6 Å². The molecule has 0 amide bonds. The Morgan fingerprint density at radius 3 is 2.76 bits per heavy atom. The summed E-state index contributed by atoms with van der Waals surface area (Å²) in [5.41, 5.74) is 3.53. The number of aliphatic hydroxyl groups excluding tert-OH is 1. The summed E-state index contributed by atoms with van der Waals surface area (Å²) in [6.07, 6.45) is 5.53. The Hall–Kier alpha value is -4.54. The van der Waals surface area contributed by atoms with Crippen molar-refractivity contribution in [1.29, 1.82) is 0 Å². The van der Waals surface area contributed by atoms with Crippen molar-refractivity contribution in [3.05, 3.63) is 66.0 Å². The van der Waals surface area contributed by atoms with Gasteiger partial charge in [-0.3, -0.25) is 10.4 Å². The minimum absolute atomic E-state index is 0.0955. The summed E-state index contributed by atoms with van der Waals surface area (Å²) in [7, 11) is 1.20. The summed E-state index contributed by atoms with van der Waals surface area (Å²) in [5.74, 6) is -1.45. The summed E-state index contributed by atoms with van der Waals surface area (Å²) in [5, 5.41) is 18.8. The van der Waals surface area contributed by atoms with Crippen molar-refractivity contribution in [3.8, 4) is 0 Å². The molecule has 170 valence electrons. The highest BCUT2D eigenvalue weighted by molar-refractivity contribution is 6.15. The molecule has 2 N–H and O–H groups in total. The number of carbonyl (C=O) groups is 2. The number of aliphatic hydroxyl groups is 1. The zero-order valence-corrected chi connectivity index (χ0v) is 18.0. The van der Waals surface area contributed by atoms with E-state index in [0.717, 1.165) is 6.21 Å². The lowest BCUT2D eigenvalue weighted by Gasteiger charge is -2.08. The molecule has 0 aliphatic heterocycles. The van der Waals surface area contributed by atoms with Crippen LogP contribution in [0.5, 0.6) is 0 Å². The van der Waals surface area contributed by atoms with Crippen LogP contribution in [0.1, 0.15) is 12.5 Å². The van der Waals surface area contributed by atoms with Crippen LogP contribution < -0.4 is 5.43 Å². The number of rotatable bonds is 9. The Labute approximate surface area is 189 Å². The molecule has 0 aliphatic carbocycles. The number of nitrogens with one attached hydrogen (secondary N) is 1. The van der Waals surface area contributed by atoms with Crippen molar-refractivity contribution < 1.29 is 24.2 Å². The van der Waals surface area contributed by atoms with Gasteiger partial charge in [-0.05, 0) is 19.1 Å². The van der Waals surface area contributed by atoms with Crippen molar-refractivity contribution in [2.75, 3.05) is 19.1 Å². The first-order valence-electron chi connectivity index (χ1n) is 9.89. The van der Waals surface area contributed by atoms with Crippen LogP contribution in [0.15, 0.2) is 70.5 Å². The van der Waals surface area contributed by atoms with E-state index in [1.807, 2.05) is 0 Å². The van der Waals surface area contributed by atoms with Crippen molar-refractivity contribution in [3.63, 3.8) is 0 Å². The highest BCUT2D eigenvalue weighted by Gasteiger charge is 2.19. The number of carbonyl (C=O) groups excluding carboxylic acids is 2. The Bertz CT molecular complexity index is 1200.